The van der Waals surface area contributed by atoms with E-state index < -0.39 is 24.6 Å². The van der Waals surface area contributed by atoms with Crippen molar-refractivity contribution >= 4 is 23.9 Å². The van der Waals surface area contributed by atoms with Crippen LogP contribution < -0.4 is 7.97 Å². The molecule has 1 aliphatic heterocycles. The van der Waals surface area contributed by atoms with E-state index in [1.807, 2.05) is 12.1 Å². The van der Waals surface area contributed by atoms with Crippen LogP contribution in [0, 0.1) is 0 Å². The molecular weight excluding hydrogens is 407 g/mol. The van der Waals surface area contributed by atoms with Crippen LogP contribution in [-0.4, -0.2) is 15.1 Å². The van der Waals surface area contributed by atoms with Crippen LogP contribution in [0.25, 0.3) is 0 Å². The molecule has 82 valence electrons. The second-order valence-electron chi connectivity index (χ2n) is 3.89. The Morgan fingerprint density at radius 1 is 1.06 bits per heavy atom. The SMILES string of the molecule is C[C](=O)[Hg][c]1ccc(N2C(=O)C=CC2=O)cc1. The minimum atomic E-state index is -1.63. The van der Waals surface area contributed by atoms with E-state index in [1.54, 1.807) is 19.1 Å². The summed E-state index contributed by atoms with van der Waals surface area (Å²) in [6, 6.07) is 7.14. The monoisotopic (exact) mass is 417 g/mol. The molecule has 2 rings (SSSR count). The number of hydrogen-bond donors (Lipinski definition) is 0. The number of hydrogen-bond acceptors (Lipinski definition) is 3. The van der Waals surface area contributed by atoms with Gasteiger partial charge in [0.15, 0.2) is 0 Å². The summed E-state index contributed by atoms with van der Waals surface area (Å²) in [5.74, 6) is -0.641. The van der Waals surface area contributed by atoms with Crippen molar-refractivity contribution in [1.29, 1.82) is 0 Å². The number of carbonyl (C=O) groups is 3. The van der Waals surface area contributed by atoms with Gasteiger partial charge in [-0.05, 0) is 0 Å². The van der Waals surface area contributed by atoms with Gasteiger partial charge < -0.3 is 0 Å². The Bertz CT molecular complexity index is 501. The van der Waals surface area contributed by atoms with Gasteiger partial charge in [-0.2, -0.15) is 0 Å². The summed E-state index contributed by atoms with van der Waals surface area (Å²) < 4.78 is 1.39. The molecule has 1 aromatic rings. The number of rotatable bonds is 3. The Balaban J connectivity index is 2.21. The topological polar surface area (TPSA) is 54.5 Å². The van der Waals surface area contributed by atoms with Crippen LogP contribution in [0.1, 0.15) is 6.92 Å². The molecule has 17 heavy (non-hydrogen) atoms. The molecule has 0 fully saturated rings. The Hall–Kier alpha value is -1.29. The van der Waals surface area contributed by atoms with Gasteiger partial charge >= 0.3 is 111 Å². The third kappa shape index (κ3) is 2.69. The third-order valence-corrected chi connectivity index (χ3v) is 7.81. The molecule has 0 saturated heterocycles. The number of amides is 2. The quantitative estimate of drug-likeness (QED) is 0.529. The predicted molar refractivity (Wildman–Crippen MR) is 58.4 cm³/mol. The molecule has 0 N–H and O–H groups in total. The Labute approximate surface area is 111 Å². The number of imide groups is 1. The van der Waals surface area contributed by atoms with Crippen molar-refractivity contribution in [2.24, 2.45) is 0 Å². The number of carbonyl (C=O) groups excluding carboxylic acids is 3. The Kier molecular flexibility index (Phi) is 3.52. The molecule has 0 unspecified atom stereocenters. The minimum absolute atomic E-state index is 0.299. The van der Waals surface area contributed by atoms with Crippen molar-refractivity contribution in [3.8, 4) is 0 Å². The van der Waals surface area contributed by atoms with Crippen molar-refractivity contribution in [3.63, 3.8) is 0 Å². The first kappa shape index (κ1) is 12.2. The average Bonchev–Trinajstić information content (AvgIpc) is 2.59. The zero-order valence-corrected chi connectivity index (χ0v) is 14.8. The molecule has 0 spiro atoms. The van der Waals surface area contributed by atoms with Crippen molar-refractivity contribution in [3.05, 3.63) is 36.4 Å². The first-order valence-corrected chi connectivity index (χ1v) is 10.7. The first-order valence-electron chi connectivity index (χ1n) is 5.22. The molecule has 0 bridgehead atoms. The number of nitrogens with zero attached hydrogens (tertiary/aromatic N) is 1. The van der Waals surface area contributed by atoms with E-state index in [2.05, 4.69) is 0 Å². The number of benzene rings is 1. The van der Waals surface area contributed by atoms with E-state index in [-0.39, 0.29) is 11.8 Å². The second kappa shape index (κ2) is 4.92. The number of anilines is 1. The van der Waals surface area contributed by atoms with Crippen LogP contribution in [0.15, 0.2) is 36.4 Å². The maximum atomic E-state index is 11.4. The molecule has 1 aromatic carbocycles. The maximum absolute atomic E-state index is 11.4. The van der Waals surface area contributed by atoms with Gasteiger partial charge in [-0.25, -0.2) is 0 Å². The van der Waals surface area contributed by atoms with Gasteiger partial charge in [0.1, 0.15) is 0 Å². The molecular formula is C12H9HgNO3. The Morgan fingerprint density at radius 3 is 2.06 bits per heavy atom. The zero-order valence-electron chi connectivity index (χ0n) is 9.34. The molecule has 1 heterocycles. The summed E-state index contributed by atoms with van der Waals surface area (Å²) in [6.45, 7) is 1.62. The van der Waals surface area contributed by atoms with Gasteiger partial charge in [0, 0.05) is 0 Å². The summed E-state index contributed by atoms with van der Waals surface area (Å²) in [7, 11) is 0. The van der Waals surface area contributed by atoms with Crippen LogP contribution in [0.2, 0.25) is 0 Å². The van der Waals surface area contributed by atoms with Gasteiger partial charge in [0.05, 0.1) is 0 Å². The normalized spacial score (nSPS) is 14.1. The third-order valence-electron chi connectivity index (χ3n) is 2.46. The zero-order chi connectivity index (χ0) is 12.4. The van der Waals surface area contributed by atoms with Gasteiger partial charge in [-0.1, -0.05) is 0 Å². The van der Waals surface area contributed by atoms with Crippen LogP contribution >= 0.6 is 0 Å². The predicted octanol–water partition coefficient (Wildman–Crippen LogP) is 0.370. The van der Waals surface area contributed by atoms with Gasteiger partial charge in [0.2, 0.25) is 0 Å². The van der Waals surface area contributed by atoms with Crippen molar-refractivity contribution < 1.29 is 39.0 Å². The standard InChI is InChI=1S/C10H6NO2.C2H3O.Hg/c12-9-6-7-10(13)11(9)8-4-2-1-3-5-8;1-2-3;/h2-7H;1H3;. The second-order valence-corrected chi connectivity index (χ2v) is 12.3. The molecule has 0 radical (unpaired) electrons. The molecule has 0 saturated carbocycles. The van der Waals surface area contributed by atoms with Crippen LogP contribution in [0.4, 0.5) is 5.69 Å². The molecule has 0 aliphatic carbocycles. The first-order chi connectivity index (χ1) is 8.08. The van der Waals surface area contributed by atoms with Gasteiger partial charge in [-0.3, -0.25) is 0 Å². The Morgan fingerprint density at radius 2 is 1.59 bits per heavy atom. The van der Waals surface area contributed by atoms with E-state index >= 15 is 0 Å². The summed E-state index contributed by atoms with van der Waals surface area (Å²) >= 11 is -1.63. The molecule has 0 atom stereocenters. The van der Waals surface area contributed by atoms with Crippen molar-refractivity contribution in [1.82, 2.24) is 0 Å². The molecule has 4 nitrogen and oxygen atoms in total. The van der Waals surface area contributed by atoms with Crippen molar-refractivity contribution in [2.45, 2.75) is 6.92 Å². The molecule has 5 heteroatoms. The van der Waals surface area contributed by atoms with Gasteiger partial charge in [0.25, 0.3) is 0 Å². The summed E-state index contributed by atoms with van der Waals surface area (Å²) in [5.41, 5.74) is 0.561. The fraction of sp³-hybridized carbons (Fsp3) is 0.0833. The van der Waals surface area contributed by atoms with E-state index in [0.29, 0.717) is 8.98 Å². The summed E-state index contributed by atoms with van der Waals surface area (Å²) in [6.07, 6.45) is 2.51. The molecule has 2 amide bonds. The summed E-state index contributed by atoms with van der Waals surface area (Å²) in [4.78, 5) is 35.0. The van der Waals surface area contributed by atoms with Crippen LogP contribution in [0.3, 0.4) is 0 Å². The van der Waals surface area contributed by atoms with Crippen LogP contribution in [0.5, 0.6) is 0 Å². The average molecular weight is 416 g/mol. The molecule has 1 aliphatic rings. The van der Waals surface area contributed by atoms with Crippen molar-refractivity contribution in [2.75, 3.05) is 4.90 Å². The summed E-state index contributed by atoms with van der Waals surface area (Å²) in [5, 5.41) is 0. The van der Waals surface area contributed by atoms with Gasteiger partial charge in [-0.15, -0.1) is 0 Å². The molecule has 0 aromatic heterocycles. The fourth-order valence-corrected chi connectivity index (χ4v) is 5.77. The van der Waals surface area contributed by atoms with E-state index in [4.69, 9.17) is 0 Å². The fourth-order valence-electron chi connectivity index (χ4n) is 1.71. The van der Waals surface area contributed by atoms with E-state index in [0.717, 1.165) is 7.97 Å². The van der Waals surface area contributed by atoms with E-state index in [9.17, 15) is 14.4 Å². The van der Waals surface area contributed by atoms with E-state index in [1.165, 1.54) is 12.2 Å². The van der Waals surface area contributed by atoms with Crippen LogP contribution in [-0.2, 0) is 39.0 Å².